The van der Waals surface area contributed by atoms with E-state index in [1.807, 2.05) is 31.2 Å². The van der Waals surface area contributed by atoms with Crippen LogP contribution in [0.15, 0.2) is 24.3 Å². The number of aromatic nitrogens is 3. The van der Waals surface area contributed by atoms with Gasteiger partial charge in [-0.3, -0.25) is 4.79 Å². The van der Waals surface area contributed by atoms with Gasteiger partial charge in [0.25, 0.3) is 5.91 Å². The van der Waals surface area contributed by atoms with Crippen molar-refractivity contribution in [2.45, 2.75) is 19.9 Å². The van der Waals surface area contributed by atoms with Crippen molar-refractivity contribution >= 4 is 17.5 Å². The minimum atomic E-state index is -0.552. The number of hydrogen-bond acceptors (Lipinski definition) is 3. The average molecular weight is 265 g/mol. The molecule has 0 aliphatic carbocycles. The third-order valence-electron chi connectivity index (χ3n) is 2.63. The molecule has 0 fully saturated rings. The van der Waals surface area contributed by atoms with Crippen molar-refractivity contribution in [1.82, 2.24) is 15.0 Å². The molecule has 1 heterocycles. The topological polar surface area (TPSA) is 73.8 Å². The van der Waals surface area contributed by atoms with Crippen LogP contribution in [-0.4, -0.2) is 20.9 Å². The van der Waals surface area contributed by atoms with Gasteiger partial charge in [0.1, 0.15) is 0 Å². The SMILES string of the molecule is CCc1c(C(N)=O)nnn1Cc1cccc(Cl)c1. The van der Waals surface area contributed by atoms with Crippen LogP contribution in [0.4, 0.5) is 0 Å². The molecule has 0 atom stereocenters. The second kappa shape index (κ2) is 5.18. The summed E-state index contributed by atoms with van der Waals surface area (Å²) in [7, 11) is 0. The number of benzene rings is 1. The molecule has 2 N–H and O–H groups in total. The average Bonchev–Trinajstić information content (AvgIpc) is 2.72. The molecule has 1 aromatic heterocycles. The third kappa shape index (κ3) is 2.51. The molecular weight excluding hydrogens is 252 g/mol. The van der Waals surface area contributed by atoms with Crippen molar-refractivity contribution < 1.29 is 4.79 Å². The Morgan fingerprint density at radius 2 is 2.28 bits per heavy atom. The quantitative estimate of drug-likeness (QED) is 0.912. The van der Waals surface area contributed by atoms with Gasteiger partial charge in [0, 0.05) is 5.02 Å². The van der Waals surface area contributed by atoms with E-state index in [9.17, 15) is 4.79 Å². The second-order valence-electron chi connectivity index (χ2n) is 3.89. The molecule has 6 heteroatoms. The van der Waals surface area contributed by atoms with Gasteiger partial charge in [-0.1, -0.05) is 35.9 Å². The molecule has 0 aliphatic rings. The predicted molar refractivity (Wildman–Crippen MR) is 68.5 cm³/mol. The van der Waals surface area contributed by atoms with Gasteiger partial charge >= 0.3 is 0 Å². The van der Waals surface area contributed by atoms with Crippen molar-refractivity contribution in [1.29, 1.82) is 0 Å². The summed E-state index contributed by atoms with van der Waals surface area (Å²) in [5, 5.41) is 8.43. The zero-order valence-corrected chi connectivity index (χ0v) is 10.7. The predicted octanol–water partition coefficient (Wildman–Crippen LogP) is 1.64. The van der Waals surface area contributed by atoms with Crippen molar-refractivity contribution in [3.05, 3.63) is 46.2 Å². The number of primary amides is 1. The first kappa shape index (κ1) is 12.6. The van der Waals surface area contributed by atoms with Crippen molar-refractivity contribution in [3.8, 4) is 0 Å². The zero-order chi connectivity index (χ0) is 13.1. The summed E-state index contributed by atoms with van der Waals surface area (Å²) in [6.45, 7) is 2.45. The molecule has 0 unspecified atom stereocenters. The Balaban J connectivity index is 2.32. The molecule has 0 saturated heterocycles. The van der Waals surface area contributed by atoms with E-state index in [4.69, 9.17) is 17.3 Å². The lowest BCUT2D eigenvalue weighted by Gasteiger charge is -2.05. The number of carbonyl (C=O) groups excluding carboxylic acids is 1. The van der Waals surface area contributed by atoms with Crippen LogP contribution in [0.25, 0.3) is 0 Å². The Labute approximate surface area is 110 Å². The van der Waals surface area contributed by atoms with E-state index < -0.39 is 5.91 Å². The zero-order valence-electron chi connectivity index (χ0n) is 9.93. The first-order valence-corrected chi connectivity index (χ1v) is 5.96. The molecule has 2 aromatic rings. The van der Waals surface area contributed by atoms with Crippen LogP contribution in [-0.2, 0) is 13.0 Å². The molecule has 0 radical (unpaired) electrons. The van der Waals surface area contributed by atoms with Gasteiger partial charge in [0.2, 0.25) is 0 Å². The number of carbonyl (C=O) groups is 1. The number of hydrogen-bond donors (Lipinski definition) is 1. The maximum absolute atomic E-state index is 11.2. The molecule has 1 amide bonds. The summed E-state index contributed by atoms with van der Waals surface area (Å²) in [6.07, 6.45) is 0.645. The van der Waals surface area contributed by atoms with Crippen LogP contribution in [0.3, 0.4) is 0 Å². The summed E-state index contributed by atoms with van der Waals surface area (Å²) < 4.78 is 1.67. The van der Waals surface area contributed by atoms with Crippen LogP contribution in [0.2, 0.25) is 5.02 Å². The molecule has 5 nitrogen and oxygen atoms in total. The highest BCUT2D eigenvalue weighted by atomic mass is 35.5. The smallest absolute Gasteiger partial charge is 0.271 e. The van der Waals surface area contributed by atoms with Crippen LogP contribution in [0.1, 0.15) is 28.7 Å². The Kier molecular flexibility index (Phi) is 3.62. The van der Waals surface area contributed by atoms with Gasteiger partial charge in [-0.2, -0.15) is 0 Å². The summed E-state index contributed by atoms with van der Waals surface area (Å²) in [5.74, 6) is -0.552. The summed E-state index contributed by atoms with van der Waals surface area (Å²) in [4.78, 5) is 11.2. The lowest BCUT2D eigenvalue weighted by atomic mass is 10.2. The highest BCUT2D eigenvalue weighted by molar-refractivity contribution is 6.30. The fourth-order valence-corrected chi connectivity index (χ4v) is 2.02. The minimum absolute atomic E-state index is 0.236. The fraction of sp³-hybridized carbons (Fsp3) is 0.250. The number of nitrogens with zero attached hydrogens (tertiary/aromatic N) is 3. The van der Waals surface area contributed by atoms with E-state index in [0.717, 1.165) is 11.3 Å². The van der Waals surface area contributed by atoms with Gasteiger partial charge in [0.15, 0.2) is 5.69 Å². The van der Waals surface area contributed by atoms with Gasteiger partial charge in [-0.05, 0) is 24.1 Å². The summed E-state index contributed by atoms with van der Waals surface area (Å²) >= 11 is 5.92. The van der Waals surface area contributed by atoms with E-state index in [1.165, 1.54) is 0 Å². The maximum atomic E-state index is 11.2. The molecule has 0 spiro atoms. The maximum Gasteiger partial charge on any atom is 0.271 e. The Morgan fingerprint density at radius 3 is 2.89 bits per heavy atom. The first-order valence-electron chi connectivity index (χ1n) is 5.58. The Bertz CT molecular complexity index is 579. The van der Waals surface area contributed by atoms with Gasteiger partial charge < -0.3 is 5.73 Å². The van der Waals surface area contributed by atoms with Gasteiger partial charge in [-0.15, -0.1) is 5.10 Å². The number of nitrogens with two attached hydrogens (primary N) is 1. The monoisotopic (exact) mass is 264 g/mol. The standard InChI is InChI=1S/C12H13ClN4O/c1-2-10-11(12(14)18)15-16-17(10)7-8-4-3-5-9(13)6-8/h3-6H,2,7H2,1H3,(H2,14,18). The van der Waals surface area contributed by atoms with Crippen molar-refractivity contribution in [3.63, 3.8) is 0 Å². The van der Waals surface area contributed by atoms with Crippen LogP contribution >= 0.6 is 11.6 Å². The van der Waals surface area contributed by atoms with E-state index in [1.54, 1.807) is 4.68 Å². The van der Waals surface area contributed by atoms with Crippen LogP contribution in [0.5, 0.6) is 0 Å². The largest absolute Gasteiger partial charge is 0.364 e. The minimum Gasteiger partial charge on any atom is -0.364 e. The number of rotatable bonds is 4. The van der Waals surface area contributed by atoms with Crippen LogP contribution in [0, 0.1) is 0 Å². The van der Waals surface area contributed by atoms with E-state index >= 15 is 0 Å². The lowest BCUT2D eigenvalue weighted by Crippen LogP contribution is -2.15. The van der Waals surface area contributed by atoms with E-state index in [0.29, 0.717) is 18.0 Å². The molecule has 94 valence electrons. The molecule has 1 aromatic carbocycles. The Morgan fingerprint density at radius 1 is 1.50 bits per heavy atom. The molecule has 0 aliphatic heterocycles. The normalized spacial score (nSPS) is 10.6. The fourth-order valence-electron chi connectivity index (χ4n) is 1.81. The summed E-state index contributed by atoms with van der Waals surface area (Å²) in [6, 6.07) is 7.47. The second-order valence-corrected chi connectivity index (χ2v) is 4.33. The van der Waals surface area contributed by atoms with Crippen LogP contribution < -0.4 is 5.73 Å². The van der Waals surface area contributed by atoms with Crippen molar-refractivity contribution in [2.24, 2.45) is 5.73 Å². The molecule has 0 saturated carbocycles. The lowest BCUT2D eigenvalue weighted by molar-refractivity contribution is 0.0994. The number of amides is 1. The highest BCUT2D eigenvalue weighted by Crippen LogP contribution is 2.13. The third-order valence-corrected chi connectivity index (χ3v) is 2.86. The Hall–Kier alpha value is -1.88. The van der Waals surface area contributed by atoms with Gasteiger partial charge in [-0.25, -0.2) is 4.68 Å². The first-order chi connectivity index (χ1) is 8.61. The van der Waals surface area contributed by atoms with E-state index in [-0.39, 0.29) is 5.69 Å². The number of halogens is 1. The van der Waals surface area contributed by atoms with Gasteiger partial charge in [0.05, 0.1) is 12.2 Å². The molecule has 0 bridgehead atoms. The van der Waals surface area contributed by atoms with E-state index in [2.05, 4.69) is 10.3 Å². The molecule has 18 heavy (non-hydrogen) atoms. The molecular formula is C12H13ClN4O. The highest BCUT2D eigenvalue weighted by Gasteiger charge is 2.15. The molecule has 2 rings (SSSR count). The van der Waals surface area contributed by atoms with Crippen molar-refractivity contribution in [2.75, 3.05) is 0 Å². The summed E-state index contributed by atoms with van der Waals surface area (Å²) in [5.41, 5.74) is 7.22.